The van der Waals surface area contributed by atoms with Crippen molar-refractivity contribution in [2.45, 2.75) is 19.4 Å². The molecule has 2 N–H and O–H groups in total. The standard InChI is InChI=1S/C12H16N2O/c1-9(15)14-8-12-11-5-3-2-4-10(11)6-7-13-12/h2-5,12-13H,6-8H2,1H3,(H,14,15)/t12-/m1/s1. The second-order valence-corrected chi connectivity index (χ2v) is 3.89. The molecule has 2 rings (SSSR count). The van der Waals surface area contributed by atoms with E-state index in [4.69, 9.17) is 0 Å². The minimum atomic E-state index is 0.0276. The molecule has 0 spiro atoms. The van der Waals surface area contributed by atoms with Crippen LogP contribution in [0.3, 0.4) is 0 Å². The molecular formula is C12H16N2O. The van der Waals surface area contributed by atoms with Gasteiger partial charge in [0.1, 0.15) is 0 Å². The van der Waals surface area contributed by atoms with Crippen LogP contribution < -0.4 is 10.6 Å². The summed E-state index contributed by atoms with van der Waals surface area (Å²) in [6.45, 7) is 3.21. The summed E-state index contributed by atoms with van der Waals surface area (Å²) in [5, 5.41) is 6.27. The highest BCUT2D eigenvalue weighted by molar-refractivity contribution is 5.72. The zero-order valence-corrected chi connectivity index (χ0v) is 8.92. The van der Waals surface area contributed by atoms with E-state index in [-0.39, 0.29) is 11.9 Å². The topological polar surface area (TPSA) is 41.1 Å². The summed E-state index contributed by atoms with van der Waals surface area (Å²) in [6.07, 6.45) is 1.08. The fraction of sp³-hybridized carbons (Fsp3) is 0.417. The van der Waals surface area contributed by atoms with E-state index in [9.17, 15) is 4.79 Å². The van der Waals surface area contributed by atoms with E-state index in [1.54, 1.807) is 6.92 Å². The molecule has 80 valence electrons. The van der Waals surface area contributed by atoms with E-state index in [1.165, 1.54) is 11.1 Å². The van der Waals surface area contributed by atoms with Crippen LogP contribution >= 0.6 is 0 Å². The predicted molar refractivity (Wildman–Crippen MR) is 59.6 cm³/mol. The van der Waals surface area contributed by atoms with Gasteiger partial charge in [0.2, 0.25) is 5.91 Å². The van der Waals surface area contributed by atoms with Crippen molar-refractivity contribution in [2.24, 2.45) is 0 Å². The fourth-order valence-electron chi connectivity index (χ4n) is 2.02. The molecule has 1 aromatic rings. The molecule has 0 aromatic heterocycles. The van der Waals surface area contributed by atoms with Gasteiger partial charge in [0.15, 0.2) is 0 Å². The van der Waals surface area contributed by atoms with Crippen LogP contribution in [0.4, 0.5) is 0 Å². The Hall–Kier alpha value is -1.35. The van der Waals surface area contributed by atoms with Crippen molar-refractivity contribution in [1.29, 1.82) is 0 Å². The Balaban J connectivity index is 2.11. The average molecular weight is 204 g/mol. The minimum Gasteiger partial charge on any atom is -0.354 e. The van der Waals surface area contributed by atoms with Crippen LogP contribution in [0.15, 0.2) is 24.3 Å². The normalized spacial score (nSPS) is 19.4. The molecule has 3 heteroatoms. The lowest BCUT2D eigenvalue weighted by Crippen LogP contribution is -2.38. The van der Waals surface area contributed by atoms with Crippen LogP contribution in [0.25, 0.3) is 0 Å². The highest BCUT2D eigenvalue weighted by atomic mass is 16.1. The van der Waals surface area contributed by atoms with Crippen molar-refractivity contribution in [2.75, 3.05) is 13.1 Å². The number of carbonyl (C=O) groups is 1. The molecule has 15 heavy (non-hydrogen) atoms. The first-order valence-electron chi connectivity index (χ1n) is 5.33. The molecule has 1 amide bonds. The van der Waals surface area contributed by atoms with E-state index < -0.39 is 0 Å². The molecule has 1 aliphatic heterocycles. The van der Waals surface area contributed by atoms with Crippen LogP contribution in [0.5, 0.6) is 0 Å². The first kappa shape index (κ1) is 10.2. The highest BCUT2D eigenvalue weighted by Gasteiger charge is 2.18. The molecule has 0 saturated heterocycles. The molecule has 1 aromatic carbocycles. The molecule has 0 bridgehead atoms. The first-order valence-corrected chi connectivity index (χ1v) is 5.33. The van der Waals surface area contributed by atoms with Gasteiger partial charge in [0.05, 0.1) is 0 Å². The zero-order chi connectivity index (χ0) is 10.7. The van der Waals surface area contributed by atoms with Crippen molar-refractivity contribution < 1.29 is 4.79 Å². The average Bonchev–Trinajstić information content (AvgIpc) is 2.26. The van der Waals surface area contributed by atoms with Gasteiger partial charge in [0.25, 0.3) is 0 Å². The third-order valence-corrected chi connectivity index (χ3v) is 2.77. The van der Waals surface area contributed by atoms with Crippen molar-refractivity contribution >= 4 is 5.91 Å². The van der Waals surface area contributed by atoms with Crippen LogP contribution in [0.2, 0.25) is 0 Å². The highest BCUT2D eigenvalue weighted by Crippen LogP contribution is 2.21. The van der Waals surface area contributed by atoms with Gasteiger partial charge in [-0.1, -0.05) is 24.3 Å². The predicted octanol–water partition coefficient (Wildman–Crippen LogP) is 1.01. The van der Waals surface area contributed by atoms with Crippen LogP contribution in [0, 0.1) is 0 Å². The maximum absolute atomic E-state index is 10.9. The Kier molecular flexibility index (Phi) is 3.02. The second kappa shape index (κ2) is 4.45. The third kappa shape index (κ3) is 2.36. The van der Waals surface area contributed by atoms with E-state index in [0.717, 1.165) is 13.0 Å². The molecule has 1 atom stereocenters. The van der Waals surface area contributed by atoms with E-state index >= 15 is 0 Å². The summed E-state index contributed by atoms with van der Waals surface area (Å²) in [5.41, 5.74) is 2.71. The molecule has 1 heterocycles. The summed E-state index contributed by atoms with van der Waals surface area (Å²) >= 11 is 0. The number of amides is 1. The molecule has 0 saturated carbocycles. The molecule has 0 fully saturated rings. The Bertz CT molecular complexity index is 362. The molecular weight excluding hydrogens is 188 g/mol. The lowest BCUT2D eigenvalue weighted by atomic mass is 9.94. The molecule has 0 radical (unpaired) electrons. The molecule has 0 unspecified atom stereocenters. The smallest absolute Gasteiger partial charge is 0.216 e. The van der Waals surface area contributed by atoms with Crippen LogP contribution in [-0.4, -0.2) is 19.0 Å². The largest absolute Gasteiger partial charge is 0.354 e. The van der Waals surface area contributed by atoms with Crippen molar-refractivity contribution in [3.8, 4) is 0 Å². The number of carbonyl (C=O) groups excluding carboxylic acids is 1. The Morgan fingerprint density at radius 2 is 2.33 bits per heavy atom. The lowest BCUT2D eigenvalue weighted by Gasteiger charge is -2.26. The zero-order valence-electron chi connectivity index (χ0n) is 8.92. The van der Waals surface area contributed by atoms with Gasteiger partial charge in [0, 0.05) is 19.5 Å². The van der Waals surface area contributed by atoms with Crippen LogP contribution in [0.1, 0.15) is 24.1 Å². The van der Waals surface area contributed by atoms with Gasteiger partial charge in [-0.15, -0.1) is 0 Å². The van der Waals surface area contributed by atoms with Gasteiger partial charge in [-0.2, -0.15) is 0 Å². The van der Waals surface area contributed by atoms with E-state index in [2.05, 4.69) is 28.8 Å². The number of rotatable bonds is 2. The number of hydrogen-bond donors (Lipinski definition) is 2. The molecule has 3 nitrogen and oxygen atoms in total. The SMILES string of the molecule is CC(=O)NC[C@H]1NCCc2ccccc21. The van der Waals surface area contributed by atoms with Crippen LogP contribution in [-0.2, 0) is 11.2 Å². The van der Waals surface area contributed by atoms with E-state index in [0.29, 0.717) is 6.54 Å². The molecule has 0 aliphatic carbocycles. The van der Waals surface area contributed by atoms with Gasteiger partial charge < -0.3 is 10.6 Å². The number of hydrogen-bond acceptors (Lipinski definition) is 2. The second-order valence-electron chi connectivity index (χ2n) is 3.89. The van der Waals surface area contributed by atoms with Gasteiger partial charge in [-0.25, -0.2) is 0 Å². The quantitative estimate of drug-likeness (QED) is 0.755. The minimum absolute atomic E-state index is 0.0276. The summed E-state index contributed by atoms with van der Waals surface area (Å²) in [5.74, 6) is 0.0276. The molecule has 1 aliphatic rings. The lowest BCUT2D eigenvalue weighted by molar-refractivity contribution is -0.119. The Labute approximate surface area is 89.9 Å². The summed E-state index contributed by atoms with van der Waals surface area (Å²) < 4.78 is 0. The summed E-state index contributed by atoms with van der Waals surface area (Å²) in [6, 6.07) is 8.68. The summed E-state index contributed by atoms with van der Waals surface area (Å²) in [7, 11) is 0. The van der Waals surface area contributed by atoms with E-state index in [1.807, 2.05) is 6.07 Å². The van der Waals surface area contributed by atoms with Gasteiger partial charge in [-0.3, -0.25) is 4.79 Å². The Morgan fingerprint density at radius 3 is 3.13 bits per heavy atom. The monoisotopic (exact) mass is 204 g/mol. The number of fused-ring (bicyclic) bond motifs is 1. The van der Waals surface area contributed by atoms with Crippen molar-refractivity contribution in [1.82, 2.24) is 10.6 Å². The number of nitrogens with one attached hydrogen (secondary N) is 2. The summed E-state index contributed by atoms with van der Waals surface area (Å²) in [4.78, 5) is 10.9. The van der Waals surface area contributed by atoms with Crippen molar-refractivity contribution in [3.63, 3.8) is 0 Å². The third-order valence-electron chi connectivity index (χ3n) is 2.77. The number of benzene rings is 1. The fourth-order valence-corrected chi connectivity index (χ4v) is 2.02. The van der Waals surface area contributed by atoms with Crippen molar-refractivity contribution in [3.05, 3.63) is 35.4 Å². The van der Waals surface area contributed by atoms with Gasteiger partial charge in [-0.05, 0) is 24.1 Å². The Morgan fingerprint density at radius 1 is 1.53 bits per heavy atom. The maximum atomic E-state index is 10.9. The maximum Gasteiger partial charge on any atom is 0.216 e. The first-order chi connectivity index (χ1) is 7.27. The van der Waals surface area contributed by atoms with Gasteiger partial charge >= 0.3 is 0 Å².